The first-order valence-electron chi connectivity index (χ1n) is 5.25. The molecule has 1 fully saturated rings. The molecule has 1 saturated carbocycles. The summed E-state index contributed by atoms with van der Waals surface area (Å²) >= 11 is 0. The first kappa shape index (κ1) is 8.79. The molecule has 0 aromatic rings. The molecule has 1 heterocycles. The van der Waals surface area contributed by atoms with Crippen molar-refractivity contribution in [2.45, 2.75) is 51.6 Å². The predicted octanol–water partition coefficient (Wildman–Crippen LogP) is 2.27. The largest absolute Gasteiger partial charge is 0.384 e. The van der Waals surface area contributed by atoms with Gasteiger partial charge in [-0.05, 0) is 32.8 Å². The molecule has 1 aliphatic carbocycles. The van der Waals surface area contributed by atoms with Crippen molar-refractivity contribution < 1.29 is 0 Å². The summed E-state index contributed by atoms with van der Waals surface area (Å²) < 4.78 is 0. The molecule has 0 spiro atoms. The Morgan fingerprint density at radius 1 is 1.31 bits per heavy atom. The van der Waals surface area contributed by atoms with Crippen LogP contribution in [0.5, 0.6) is 0 Å². The van der Waals surface area contributed by atoms with E-state index in [1.807, 2.05) is 0 Å². The van der Waals surface area contributed by atoms with Crippen LogP contribution in [0.1, 0.15) is 39.5 Å². The first-order valence-corrected chi connectivity index (χ1v) is 5.25. The molecule has 1 N–H and O–H groups in total. The Hall–Kier alpha value is -0.790. The van der Waals surface area contributed by atoms with Gasteiger partial charge in [0.25, 0.3) is 0 Å². The lowest BCUT2D eigenvalue weighted by atomic mass is 9.91. The maximum Gasteiger partial charge on any atom is 0.0703 e. The second-order valence-electron chi connectivity index (χ2n) is 4.20. The molecule has 2 heteroatoms. The highest BCUT2D eigenvalue weighted by molar-refractivity contribution is 5.93. The van der Waals surface area contributed by atoms with Gasteiger partial charge in [-0.3, -0.25) is 4.99 Å². The van der Waals surface area contributed by atoms with Crippen LogP contribution in [0.25, 0.3) is 0 Å². The lowest BCUT2D eigenvalue weighted by Crippen LogP contribution is -2.39. The zero-order valence-corrected chi connectivity index (χ0v) is 8.51. The number of allylic oxidation sites excluding steroid dienone is 2. The van der Waals surface area contributed by atoms with Crippen molar-refractivity contribution in [1.29, 1.82) is 0 Å². The molecule has 0 amide bonds. The van der Waals surface area contributed by atoms with Crippen LogP contribution >= 0.6 is 0 Å². The third-order valence-electron chi connectivity index (χ3n) is 2.94. The zero-order valence-electron chi connectivity index (χ0n) is 8.51. The van der Waals surface area contributed by atoms with Crippen molar-refractivity contribution >= 4 is 5.71 Å². The normalized spacial score (nSPS) is 33.7. The number of aliphatic imine (C=N–C) groups is 1. The van der Waals surface area contributed by atoms with Crippen LogP contribution in [0.3, 0.4) is 0 Å². The quantitative estimate of drug-likeness (QED) is 0.604. The lowest BCUT2D eigenvalue weighted by Gasteiger charge is -2.29. The van der Waals surface area contributed by atoms with Gasteiger partial charge >= 0.3 is 0 Å². The van der Waals surface area contributed by atoms with Crippen LogP contribution < -0.4 is 5.32 Å². The number of fused-ring (bicyclic) bond motifs is 1. The Bertz CT molecular complexity index is 253. The van der Waals surface area contributed by atoms with E-state index in [9.17, 15) is 0 Å². The van der Waals surface area contributed by atoms with Crippen LogP contribution in [0.2, 0.25) is 0 Å². The zero-order chi connectivity index (χ0) is 9.26. The van der Waals surface area contributed by atoms with Gasteiger partial charge in [-0.15, -0.1) is 0 Å². The van der Waals surface area contributed by atoms with Gasteiger partial charge in [0.15, 0.2) is 0 Å². The van der Waals surface area contributed by atoms with E-state index in [4.69, 9.17) is 4.99 Å². The van der Waals surface area contributed by atoms with E-state index in [0.29, 0.717) is 12.1 Å². The minimum Gasteiger partial charge on any atom is -0.384 e. The van der Waals surface area contributed by atoms with Crippen LogP contribution in [0, 0.1) is 0 Å². The molecule has 2 nitrogen and oxygen atoms in total. The first-order chi connectivity index (χ1) is 6.25. The summed E-state index contributed by atoms with van der Waals surface area (Å²) in [6.45, 7) is 4.23. The van der Waals surface area contributed by atoms with Crippen molar-refractivity contribution in [2.24, 2.45) is 4.99 Å². The Morgan fingerprint density at radius 2 is 2.08 bits per heavy atom. The Labute approximate surface area is 80.1 Å². The summed E-state index contributed by atoms with van der Waals surface area (Å²) in [7, 11) is 0. The summed E-state index contributed by atoms with van der Waals surface area (Å²) in [6.07, 6.45) is 7.40. The molecule has 0 aromatic carbocycles. The average Bonchev–Trinajstić information content (AvgIpc) is 2.20. The molecule has 2 atom stereocenters. The number of nitrogens with one attached hydrogen (secondary N) is 1. The molecule has 2 rings (SSSR count). The van der Waals surface area contributed by atoms with Crippen LogP contribution in [-0.2, 0) is 0 Å². The molecule has 0 saturated heterocycles. The summed E-state index contributed by atoms with van der Waals surface area (Å²) in [5.74, 6) is 0. The van der Waals surface area contributed by atoms with E-state index >= 15 is 0 Å². The Kier molecular flexibility index (Phi) is 2.38. The molecule has 0 unspecified atom stereocenters. The van der Waals surface area contributed by atoms with Gasteiger partial charge in [0.2, 0.25) is 0 Å². The van der Waals surface area contributed by atoms with Crippen molar-refractivity contribution in [3.8, 4) is 0 Å². The van der Waals surface area contributed by atoms with Crippen LogP contribution in [0.15, 0.2) is 16.8 Å². The maximum atomic E-state index is 4.73. The standard InChI is InChI=1S/C11H18N2/c1-8-7-9(2)13-11-6-4-3-5-10(11)12-8/h7,10-12H,3-6H2,1-2H3/t10-,11-/m1/s1. The van der Waals surface area contributed by atoms with Gasteiger partial charge in [0.05, 0.1) is 6.04 Å². The van der Waals surface area contributed by atoms with Gasteiger partial charge < -0.3 is 5.32 Å². The number of nitrogens with zero attached hydrogens (tertiary/aromatic N) is 1. The van der Waals surface area contributed by atoms with E-state index in [1.54, 1.807) is 0 Å². The van der Waals surface area contributed by atoms with Gasteiger partial charge in [0, 0.05) is 17.5 Å². The van der Waals surface area contributed by atoms with Gasteiger partial charge in [-0.25, -0.2) is 0 Å². The highest BCUT2D eigenvalue weighted by Gasteiger charge is 2.25. The Morgan fingerprint density at radius 3 is 2.92 bits per heavy atom. The third kappa shape index (κ3) is 1.93. The minimum atomic E-state index is 0.530. The highest BCUT2D eigenvalue weighted by atomic mass is 15.0. The summed E-state index contributed by atoms with van der Waals surface area (Å²) in [5, 5.41) is 3.56. The fraction of sp³-hybridized carbons (Fsp3) is 0.727. The van der Waals surface area contributed by atoms with Gasteiger partial charge in [-0.2, -0.15) is 0 Å². The monoisotopic (exact) mass is 178 g/mol. The molecule has 0 bridgehead atoms. The number of hydrogen-bond acceptors (Lipinski definition) is 2. The molecule has 13 heavy (non-hydrogen) atoms. The van der Waals surface area contributed by atoms with E-state index < -0.39 is 0 Å². The van der Waals surface area contributed by atoms with E-state index in [2.05, 4.69) is 25.2 Å². The fourth-order valence-corrected chi connectivity index (χ4v) is 2.38. The van der Waals surface area contributed by atoms with E-state index in [1.165, 1.54) is 37.1 Å². The molecular weight excluding hydrogens is 160 g/mol. The van der Waals surface area contributed by atoms with Crippen LogP contribution in [0.4, 0.5) is 0 Å². The maximum absolute atomic E-state index is 4.73. The fourth-order valence-electron chi connectivity index (χ4n) is 2.38. The van der Waals surface area contributed by atoms with Crippen LogP contribution in [-0.4, -0.2) is 17.8 Å². The van der Waals surface area contributed by atoms with Crippen molar-refractivity contribution in [3.63, 3.8) is 0 Å². The number of hydrogen-bond donors (Lipinski definition) is 1. The van der Waals surface area contributed by atoms with E-state index in [-0.39, 0.29) is 0 Å². The molecule has 1 aliphatic heterocycles. The van der Waals surface area contributed by atoms with Crippen molar-refractivity contribution in [1.82, 2.24) is 5.32 Å². The number of rotatable bonds is 0. The topological polar surface area (TPSA) is 24.4 Å². The Balaban J connectivity index is 2.18. The van der Waals surface area contributed by atoms with Gasteiger partial charge in [-0.1, -0.05) is 12.8 Å². The second-order valence-corrected chi connectivity index (χ2v) is 4.20. The molecule has 0 aromatic heterocycles. The molecule has 0 radical (unpaired) electrons. The highest BCUT2D eigenvalue weighted by Crippen LogP contribution is 2.23. The molecular formula is C11H18N2. The molecule has 72 valence electrons. The summed E-state index contributed by atoms with van der Waals surface area (Å²) in [4.78, 5) is 4.73. The predicted molar refractivity (Wildman–Crippen MR) is 56.0 cm³/mol. The average molecular weight is 178 g/mol. The van der Waals surface area contributed by atoms with Crippen molar-refractivity contribution in [2.75, 3.05) is 0 Å². The van der Waals surface area contributed by atoms with Crippen molar-refractivity contribution in [3.05, 3.63) is 11.8 Å². The SMILES string of the molecule is CC1=CC(C)=N[C@@H]2CCCC[C@H]2N1. The summed E-state index contributed by atoms with van der Waals surface area (Å²) in [6, 6.07) is 1.13. The smallest absolute Gasteiger partial charge is 0.0703 e. The van der Waals surface area contributed by atoms with E-state index in [0.717, 1.165) is 0 Å². The minimum absolute atomic E-state index is 0.530. The molecule has 2 aliphatic rings. The third-order valence-corrected chi connectivity index (χ3v) is 2.94. The summed E-state index contributed by atoms with van der Waals surface area (Å²) in [5.41, 5.74) is 2.45. The second kappa shape index (κ2) is 3.52. The van der Waals surface area contributed by atoms with Gasteiger partial charge in [0.1, 0.15) is 0 Å². The lowest BCUT2D eigenvalue weighted by molar-refractivity contribution is 0.350.